The molecule has 4 unspecified atom stereocenters. The third kappa shape index (κ3) is 3.88. The van der Waals surface area contributed by atoms with Gasteiger partial charge in [0.15, 0.2) is 0 Å². The first-order valence-electron chi connectivity index (χ1n) is 8.26. The fourth-order valence-electron chi connectivity index (χ4n) is 4.87. The van der Waals surface area contributed by atoms with E-state index in [0.717, 1.165) is 11.8 Å². The van der Waals surface area contributed by atoms with Gasteiger partial charge in [-0.1, -0.05) is 59.8 Å². The molecule has 0 nitrogen and oxygen atoms in total. The van der Waals surface area contributed by atoms with Crippen molar-refractivity contribution in [1.82, 2.24) is 0 Å². The summed E-state index contributed by atoms with van der Waals surface area (Å²) in [5, 5.41) is 0. The van der Waals surface area contributed by atoms with Crippen LogP contribution in [-0.2, 0) is 26.2 Å². The van der Waals surface area contributed by atoms with Gasteiger partial charge in [-0.3, -0.25) is 0 Å². The summed E-state index contributed by atoms with van der Waals surface area (Å²) >= 11 is 0. The van der Waals surface area contributed by atoms with E-state index in [2.05, 4.69) is 43.0 Å². The molecule has 4 rings (SSSR count). The van der Waals surface area contributed by atoms with Gasteiger partial charge in [0.1, 0.15) is 0 Å². The zero-order valence-corrected chi connectivity index (χ0v) is 17.4. The Morgan fingerprint density at radius 1 is 0.783 bits per heavy atom. The van der Waals surface area contributed by atoms with Gasteiger partial charge in [-0.15, -0.1) is 0 Å². The van der Waals surface area contributed by atoms with E-state index in [1.54, 1.807) is 11.1 Å². The molecule has 0 radical (unpaired) electrons. The quantitative estimate of drug-likeness (QED) is 0.516. The van der Waals surface area contributed by atoms with E-state index < -0.39 is 0 Å². The first kappa shape index (κ1) is 21.2. The minimum atomic E-state index is 0. The smallest absolute Gasteiger partial charge is 1.00 e. The zero-order valence-electron chi connectivity index (χ0n) is 13.5. The number of rotatable bonds is 2. The predicted molar refractivity (Wildman–Crippen MR) is 85.2 cm³/mol. The largest absolute Gasteiger partial charge is 2.00 e. The predicted octanol–water partition coefficient (Wildman–Crippen LogP) is -0.627. The number of hydrogen-bond donors (Lipinski definition) is 0. The minimum absolute atomic E-state index is 0. The van der Waals surface area contributed by atoms with Crippen LogP contribution in [0.5, 0.6) is 0 Å². The summed E-state index contributed by atoms with van der Waals surface area (Å²) in [5.74, 6) is 2.97. The fourth-order valence-corrected chi connectivity index (χ4v) is 4.87. The Morgan fingerprint density at radius 3 is 1.65 bits per heavy atom. The summed E-state index contributed by atoms with van der Waals surface area (Å²) in [7, 11) is 0. The Balaban J connectivity index is 0.000000882. The van der Waals surface area contributed by atoms with Crippen molar-refractivity contribution >= 4 is 0 Å². The molecule has 23 heavy (non-hydrogen) atoms. The Morgan fingerprint density at radius 2 is 1.22 bits per heavy atom. The molecule has 3 heteroatoms. The maximum absolute atomic E-state index is 4.57. The van der Waals surface area contributed by atoms with Crippen molar-refractivity contribution < 1.29 is 51.0 Å². The van der Waals surface area contributed by atoms with Crippen molar-refractivity contribution in [3.05, 3.63) is 59.8 Å². The average Bonchev–Trinajstić information content (AvgIpc) is 3.11. The van der Waals surface area contributed by atoms with Gasteiger partial charge in [0.05, 0.1) is 0 Å². The van der Waals surface area contributed by atoms with Crippen molar-refractivity contribution in [2.75, 3.05) is 0 Å². The molecule has 4 atom stereocenters. The van der Waals surface area contributed by atoms with Crippen molar-refractivity contribution in [3.8, 4) is 0 Å². The van der Waals surface area contributed by atoms with Crippen LogP contribution in [0.15, 0.2) is 59.8 Å². The van der Waals surface area contributed by atoms with E-state index in [1.807, 2.05) is 0 Å². The summed E-state index contributed by atoms with van der Waals surface area (Å²) in [5.41, 5.74) is 4.90. The average molecular weight is 427 g/mol. The van der Waals surface area contributed by atoms with Crippen LogP contribution in [0, 0.1) is 23.7 Å². The first-order chi connectivity index (χ1) is 9.84. The van der Waals surface area contributed by atoms with Gasteiger partial charge in [-0.25, -0.2) is 0 Å². The van der Waals surface area contributed by atoms with Gasteiger partial charge >= 0.3 is 26.2 Å². The number of halogens is 2. The Kier molecular flexibility index (Phi) is 8.32. The number of allylic oxidation sites excluding steroid dienone is 9. The summed E-state index contributed by atoms with van der Waals surface area (Å²) in [4.78, 5) is 0. The topological polar surface area (TPSA) is 0 Å². The second kappa shape index (κ2) is 9.03. The normalized spacial score (nSPS) is 33.2. The van der Waals surface area contributed by atoms with E-state index in [-0.39, 0.29) is 51.0 Å². The van der Waals surface area contributed by atoms with Crippen LogP contribution < -0.4 is 24.8 Å². The monoisotopic (exact) mass is 424 g/mol. The maximum atomic E-state index is 4.57. The molecule has 0 heterocycles. The van der Waals surface area contributed by atoms with Crippen molar-refractivity contribution in [2.24, 2.45) is 23.7 Å². The molecule has 0 saturated heterocycles. The molecule has 0 aromatic rings. The molecule has 0 bridgehead atoms. The van der Waals surface area contributed by atoms with Crippen LogP contribution in [0.3, 0.4) is 0 Å². The molecule has 0 amide bonds. The third-order valence-electron chi connectivity index (χ3n) is 5.94. The van der Waals surface area contributed by atoms with Gasteiger partial charge in [-0.2, -0.15) is 0 Å². The van der Waals surface area contributed by atoms with E-state index in [1.165, 1.54) is 44.1 Å². The summed E-state index contributed by atoms with van der Waals surface area (Å²) < 4.78 is 0. The van der Waals surface area contributed by atoms with Crippen LogP contribution in [-0.4, -0.2) is 0 Å². The molecule has 0 aliphatic heterocycles. The van der Waals surface area contributed by atoms with Crippen molar-refractivity contribution in [2.45, 2.75) is 38.5 Å². The van der Waals surface area contributed by atoms with E-state index in [4.69, 9.17) is 0 Å². The van der Waals surface area contributed by atoms with Gasteiger partial charge in [-0.05, 0) is 50.4 Å². The van der Waals surface area contributed by atoms with Gasteiger partial charge in [0.25, 0.3) is 0 Å². The molecule has 122 valence electrons. The molecule has 2 saturated carbocycles. The Bertz CT molecular complexity index is 508. The summed E-state index contributed by atoms with van der Waals surface area (Å²) in [6.07, 6.45) is 21.9. The fraction of sp³-hybridized carbons (Fsp3) is 0.500. The van der Waals surface area contributed by atoms with Crippen molar-refractivity contribution in [3.63, 3.8) is 0 Å². The molecule has 2 fully saturated rings. The van der Waals surface area contributed by atoms with Crippen LogP contribution in [0.4, 0.5) is 0 Å². The van der Waals surface area contributed by atoms with Gasteiger partial charge in [0, 0.05) is 11.8 Å². The van der Waals surface area contributed by atoms with Crippen LogP contribution in [0.25, 0.3) is 0 Å². The SMILES string of the molecule is C=C(C1CCC2CC=CC=C21)C1CCC2CC=CC=C21.[Cl-].[Cl-].[Zr+2]. The van der Waals surface area contributed by atoms with E-state index >= 15 is 0 Å². The summed E-state index contributed by atoms with van der Waals surface area (Å²) in [6, 6.07) is 0. The second-order valence-electron chi connectivity index (χ2n) is 6.89. The molecule has 0 aromatic carbocycles. The van der Waals surface area contributed by atoms with Crippen LogP contribution >= 0.6 is 0 Å². The Labute approximate surface area is 172 Å². The number of hydrogen-bond acceptors (Lipinski definition) is 0. The second-order valence-corrected chi connectivity index (χ2v) is 6.89. The zero-order chi connectivity index (χ0) is 13.5. The van der Waals surface area contributed by atoms with Crippen LogP contribution in [0.2, 0.25) is 0 Å². The molecule has 4 aliphatic carbocycles. The van der Waals surface area contributed by atoms with Gasteiger partial charge in [0.2, 0.25) is 0 Å². The standard InChI is InChI=1S/C20H24.2ClH.Zr/c1-14(17-12-10-15-6-2-4-8-19(15)17)18-13-11-16-7-3-5-9-20(16)18;;;/h2-5,8-9,15-18H,1,6-7,10-13H2;2*1H;/q;;;+2/p-2. The summed E-state index contributed by atoms with van der Waals surface area (Å²) in [6.45, 7) is 4.57. The molecule has 0 aromatic heterocycles. The van der Waals surface area contributed by atoms with E-state index in [9.17, 15) is 0 Å². The maximum Gasteiger partial charge on any atom is 2.00 e. The number of fused-ring (bicyclic) bond motifs is 2. The molecule has 0 spiro atoms. The molecule has 4 aliphatic rings. The Hall–Kier alpha value is 0.163. The van der Waals surface area contributed by atoms with Crippen LogP contribution in [0.1, 0.15) is 38.5 Å². The molecule has 0 N–H and O–H groups in total. The van der Waals surface area contributed by atoms with Gasteiger partial charge < -0.3 is 24.8 Å². The molecular formula is C20H24Cl2Zr. The molecular weight excluding hydrogens is 402 g/mol. The first-order valence-corrected chi connectivity index (χ1v) is 8.26. The minimum Gasteiger partial charge on any atom is -1.00 e. The third-order valence-corrected chi connectivity index (χ3v) is 5.94. The van der Waals surface area contributed by atoms with E-state index in [0.29, 0.717) is 11.8 Å². The van der Waals surface area contributed by atoms with Crippen molar-refractivity contribution in [1.29, 1.82) is 0 Å².